The normalized spacial score (nSPS) is 21.6. The first kappa shape index (κ1) is 24.8. The number of amides is 1. The third-order valence-electron chi connectivity index (χ3n) is 4.67. The van der Waals surface area contributed by atoms with Crippen LogP contribution in [0, 0.1) is 0 Å². The van der Waals surface area contributed by atoms with Gasteiger partial charge in [-0.1, -0.05) is 19.8 Å². The van der Waals surface area contributed by atoms with Crippen molar-refractivity contribution in [2.24, 2.45) is 5.73 Å². The molecule has 160 valence electrons. The number of ether oxygens (including phenoxy) is 1. The Balaban J connectivity index is 0.00000392. The Hall–Kier alpha value is -1.19. The smallest absolute Gasteiger partial charge is 0.251 e. The Bertz CT molecular complexity index is 717. The Morgan fingerprint density at radius 2 is 1.82 bits per heavy atom. The molecule has 3 N–H and O–H groups in total. The zero-order chi connectivity index (χ0) is 20.0. The average Bonchev–Trinajstić information content (AvgIpc) is 2.64. The van der Waals surface area contributed by atoms with Crippen molar-refractivity contribution in [3.63, 3.8) is 0 Å². The summed E-state index contributed by atoms with van der Waals surface area (Å²) in [4.78, 5) is 12.6. The van der Waals surface area contributed by atoms with Crippen LogP contribution in [0.3, 0.4) is 0 Å². The van der Waals surface area contributed by atoms with Gasteiger partial charge in [-0.05, 0) is 44.5 Å². The third kappa shape index (κ3) is 6.42. The van der Waals surface area contributed by atoms with Gasteiger partial charge in [-0.2, -0.15) is 4.31 Å². The predicted molar refractivity (Wildman–Crippen MR) is 112 cm³/mol. The lowest BCUT2D eigenvalue weighted by Gasteiger charge is -2.34. The highest BCUT2D eigenvalue weighted by atomic mass is 35.5. The van der Waals surface area contributed by atoms with Crippen molar-refractivity contribution in [2.45, 2.75) is 63.2 Å². The van der Waals surface area contributed by atoms with Crippen molar-refractivity contribution >= 4 is 28.3 Å². The molecule has 28 heavy (non-hydrogen) atoms. The van der Waals surface area contributed by atoms with E-state index in [-0.39, 0.29) is 41.5 Å². The standard InChI is InChI=1S/C19H31N3O4S.ClH/c1-4-5-6-17(11-20)21-19(23)16-7-9-18(10-8-16)27(24,25)22-12-14(2)26-15(3)13-22;/h7-10,14-15,17H,4-6,11-13,20H2,1-3H3,(H,21,23);1H. The van der Waals surface area contributed by atoms with E-state index in [1.807, 2.05) is 13.8 Å². The maximum atomic E-state index is 12.9. The minimum atomic E-state index is -3.61. The topological polar surface area (TPSA) is 102 Å². The largest absolute Gasteiger partial charge is 0.373 e. The fourth-order valence-electron chi connectivity index (χ4n) is 3.22. The van der Waals surface area contributed by atoms with E-state index < -0.39 is 10.0 Å². The van der Waals surface area contributed by atoms with Crippen LogP contribution in [0.5, 0.6) is 0 Å². The maximum absolute atomic E-state index is 12.9. The van der Waals surface area contributed by atoms with Crippen LogP contribution in [-0.2, 0) is 14.8 Å². The summed E-state index contributed by atoms with van der Waals surface area (Å²) < 4.78 is 32.8. The van der Waals surface area contributed by atoms with Crippen LogP contribution in [0.4, 0.5) is 0 Å². The summed E-state index contributed by atoms with van der Waals surface area (Å²) in [6.07, 6.45) is 2.57. The molecule has 3 unspecified atom stereocenters. The highest BCUT2D eigenvalue weighted by Crippen LogP contribution is 2.21. The average molecular weight is 434 g/mol. The first-order valence-corrected chi connectivity index (χ1v) is 11.0. The van der Waals surface area contributed by atoms with E-state index in [0.717, 1.165) is 19.3 Å². The monoisotopic (exact) mass is 433 g/mol. The summed E-state index contributed by atoms with van der Waals surface area (Å²) in [5, 5.41) is 2.91. The molecule has 1 aliphatic heterocycles. The molecule has 0 aliphatic carbocycles. The van der Waals surface area contributed by atoms with Gasteiger partial charge in [0.2, 0.25) is 10.0 Å². The molecule has 9 heteroatoms. The van der Waals surface area contributed by atoms with Crippen molar-refractivity contribution in [3.8, 4) is 0 Å². The van der Waals surface area contributed by atoms with Gasteiger partial charge >= 0.3 is 0 Å². The van der Waals surface area contributed by atoms with Crippen LogP contribution in [0.15, 0.2) is 29.2 Å². The maximum Gasteiger partial charge on any atom is 0.251 e. The van der Waals surface area contributed by atoms with E-state index in [1.165, 1.54) is 16.4 Å². The summed E-state index contributed by atoms with van der Waals surface area (Å²) in [6, 6.07) is 5.99. The number of morpholine rings is 1. The first-order valence-electron chi connectivity index (χ1n) is 9.54. The van der Waals surface area contributed by atoms with E-state index in [9.17, 15) is 13.2 Å². The lowest BCUT2D eigenvalue weighted by atomic mass is 10.1. The minimum absolute atomic E-state index is 0. The molecule has 2 rings (SSSR count). The van der Waals surface area contributed by atoms with Crippen molar-refractivity contribution in [2.75, 3.05) is 19.6 Å². The predicted octanol–water partition coefficient (Wildman–Crippen LogP) is 2.15. The second kappa shape index (κ2) is 11.1. The van der Waals surface area contributed by atoms with Crippen LogP contribution < -0.4 is 11.1 Å². The number of carbonyl (C=O) groups is 1. The molecule has 1 aromatic rings. The lowest BCUT2D eigenvalue weighted by Crippen LogP contribution is -2.48. The number of unbranched alkanes of at least 4 members (excludes halogenated alkanes) is 1. The van der Waals surface area contributed by atoms with Gasteiger partial charge in [-0.3, -0.25) is 4.79 Å². The Morgan fingerprint density at radius 1 is 1.25 bits per heavy atom. The summed E-state index contributed by atoms with van der Waals surface area (Å²) in [6.45, 7) is 6.83. The van der Waals surface area contributed by atoms with Crippen molar-refractivity contribution in [1.82, 2.24) is 9.62 Å². The molecule has 1 aliphatic rings. The molecule has 1 aromatic carbocycles. The molecular weight excluding hydrogens is 402 g/mol. The van der Waals surface area contributed by atoms with Crippen LogP contribution in [0.1, 0.15) is 50.4 Å². The number of hydrogen-bond acceptors (Lipinski definition) is 5. The van der Waals surface area contributed by atoms with Crippen LogP contribution >= 0.6 is 12.4 Å². The number of halogens is 1. The molecule has 1 heterocycles. The fourth-order valence-corrected chi connectivity index (χ4v) is 4.81. The molecule has 1 saturated heterocycles. The van der Waals surface area contributed by atoms with Gasteiger partial charge in [0.25, 0.3) is 5.91 Å². The van der Waals surface area contributed by atoms with E-state index in [2.05, 4.69) is 12.2 Å². The van der Waals surface area contributed by atoms with Gasteiger partial charge < -0.3 is 15.8 Å². The number of carbonyl (C=O) groups excluding carboxylic acids is 1. The van der Waals surface area contributed by atoms with Gasteiger partial charge in [0.05, 0.1) is 17.1 Å². The third-order valence-corrected chi connectivity index (χ3v) is 6.51. The molecule has 1 fully saturated rings. The summed E-state index contributed by atoms with van der Waals surface area (Å²) in [5.74, 6) is -0.237. The Kier molecular flexibility index (Phi) is 9.86. The number of nitrogens with two attached hydrogens (primary N) is 1. The SMILES string of the molecule is CCCCC(CN)NC(=O)c1ccc(S(=O)(=O)N2CC(C)OC(C)C2)cc1.Cl. The first-order chi connectivity index (χ1) is 12.8. The minimum Gasteiger partial charge on any atom is -0.373 e. The summed E-state index contributed by atoms with van der Waals surface area (Å²) >= 11 is 0. The van der Waals surface area contributed by atoms with E-state index >= 15 is 0 Å². The van der Waals surface area contributed by atoms with E-state index in [0.29, 0.717) is 25.2 Å². The lowest BCUT2D eigenvalue weighted by molar-refractivity contribution is -0.0440. The quantitative estimate of drug-likeness (QED) is 0.654. The molecule has 1 amide bonds. The van der Waals surface area contributed by atoms with Crippen molar-refractivity contribution < 1.29 is 17.9 Å². The number of nitrogens with zero attached hydrogens (tertiary/aromatic N) is 1. The van der Waals surface area contributed by atoms with Gasteiger partial charge in [0, 0.05) is 31.2 Å². The van der Waals surface area contributed by atoms with Crippen molar-refractivity contribution in [3.05, 3.63) is 29.8 Å². The summed E-state index contributed by atoms with van der Waals surface area (Å²) in [7, 11) is -3.61. The highest BCUT2D eigenvalue weighted by Gasteiger charge is 2.32. The molecular formula is C19H32ClN3O4S. The van der Waals surface area contributed by atoms with Crippen LogP contribution in [0.2, 0.25) is 0 Å². The molecule has 0 spiro atoms. The second-order valence-corrected chi connectivity index (χ2v) is 9.09. The van der Waals surface area contributed by atoms with Crippen LogP contribution in [-0.4, -0.2) is 56.5 Å². The van der Waals surface area contributed by atoms with Gasteiger partial charge in [-0.15, -0.1) is 12.4 Å². The van der Waals surface area contributed by atoms with Gasteiger partial charge in [0.15, 0.2) is 0 Å². The highest BCUT2D eigenvalue weighted by molar-refractivity contribution is 7.89. The zero-order valence-electron chi connectivity index (χ0n) is 16.8. The Morgan fingerprint density at radius 3 is 2.32 bits per heavy atom. The van der Waals surface area contributed by atoms with Gasteiger partial charge in [0.1, 0.15) is 0 Å². The molecule has 0 bridgehead atoms. The molecule has 0 radical (unpaired) electrons. The molecule has 7 nitrogen and oxygen atoms in total. The van der Waals surface area contributed by atoms with Gasteiger partial charge in [-0.25, -0.2) is 8.42 Å². The molecule has 0 aromatic heterocycles. The number of nitrogens with one attached hydrogen (secondary N) is 1. The number of rotatable bonds is 8. The van der Waals surface area contributed by atoms with Crippen molar-refractivity contribution in [1.29, 1.82) is 0 Å². The number of hydrogen-bond donors (Lipinski definition) is 2. The molecule has 3 atom stereocenters. The second-order valence-electron chi connectivity index (χ2n) is 7.15. The number of sulfonamides is 1. The zero-order valence-corrected chi connectivity index (χ0v) is 18.4. The van der Waals surface area contributed by atoms with E-state index in [4.69, 9.17) is 10.5 Å². The summed E-state index contributed by atoms with van der Waals surface area (Å²) in [5.41, 5.74) is 6.14. The fraction of sp³-hybridized carbons (Fsp3) is 0.632. The number of benzene rings is 1. The Labute approximate surface area is 174 Å². The van der Waals surface area contributed by atoms with E-state index in [1.54, 1.807) is 12.1 Å². The molecule has 0 saturated carbocycles. The van der Waals surface area contributed by atoms with Crippen LogP contribution in [0.25, 0.3) is 0 Å².